The SMILES string of the molecule is COC(=O)c1nc(NC2CCCNC2=O)sc1C(C)=O. The molecule has 0 radical (unpaired) electrons. The molecule has 8 heteroatoms. The number of piperidine rings is 1. The van der Waals surface area contributed by atoms with Gasteiger partial charge in [-0.25, -0.2) is 9.78 Å². The van der Waals surface area contributed by atoms with E-state index in [1.165, 1.54) is 14.0 Å². The molecule has 1 aromatic heterocycles. The third kappa shape index (κ3) is 2.96. The second-order valence-electron chi connectivity index (χ2n) is 4.37. The Labute approximate surface area is 119 Å². The Morgan fingerprint density at radius 1 is 1.50 bits per heavy atom. The number of Topliss-reactive ketones (excluding diaryl/α,β-unsaturated/α-hetero) is 1. The zero-order chi connectivity index (χ0) is 14.7. The number of carbonyl (C=O) groups is 3. The number of methoxy groups -OCH3 is 1. The van der Waals surface area contributed by atoms with Gasteiger partial charge >= 0.3 is 5.97 Å². The van der Waals surface area contributed by atoms with Gasteiger partial charge in [-0.05, 0) is 12.8 Å². The maximum atomic E-state index is 11.7. The molecule has 0 saturated carbocycles. The molecular formula is C12H15N3O4S. The first-order chi connectivity index (χ1) is 9.52. The van der Waals surface area contributed by atoms with Crippen molar-refractivity contribution < 1.29 is 19.1 Å². The minimum absolute atomic E-state index is 0.0104. The number of hydrogen-bond acceptors (Lipinski definition) is 7. The first-order valence-electron chi connectivity index (χ1n) is 6.17. The van der Waals surface area contributed by atoms with Crippen molar-refractivity contribution in [1.29, 1.82) is 0 Å². The number of thiazole rings is 1. The van der Waals surface area contributed by atoms with E-state index < -0.39 is 5.97 Å². The minimum atomic E-state index is -0.660. The standard InChI is InChI=1S/C12H15N3O4S/c1-6(16)9-8(11(18)19-2)15-12(20-9)14-7-4-3-5-13-10(7)17/h7H,3-5H2,1-2H3,(H,13,17)(H,14,15). The van der Waals surface area contributed by atoms with Crippen LogP contribution < -0.4 is 10.6 Å². The number of ether oxygens (including phenoxy) is 1. The number of nitrogens with one attached hydrogen (secondary N) is 2. The quantitative estimate of drug-likeness (QED) is 0.631. The van der Waals surface area contributed by atoms with Gasteiger partial charge in [0.05, 0.1) is 7.11 Å². The van der Waals surface area contributed by atoms with Gasteiger partial charge in [0.15, 0.2) is 16.6 Å². The molecule has 108 valence electrons. The molecule has 1 atom stereocenters. The number of hydrogen-bond donors (Lipinski definition) is 2. The van der Waals surface area contributed by atoms with Crippen molar-refractivity contribution in [2.45, 2.75) is 25.8 Å². The van der Waals surface area contributed by atoms with E-state index >= 15 is 0 Å². The predicted molar refractivity (Wildman–Crippen MR) is 73.1 cm³/mol. The number of esters is 1. The van der Waals surface area contributed by atoms with Crippen molar-refractivity contribution in [3.63, 3.8) is 0 Å². The van der Waals surface area contributed by atoms with Crippen molar-refractivity contribution in [2.24, 2.45) is 0 Å². The van der Waals surface area contributed by atoms with Crippen LogP contribution in [0.5, 0.6) is 0 Å². The van der Waals surface area contributed by atoms with E-state index in [1.807, 2.05) is 0 Å². The summed E-state index contributed by atoms with van der Waals surface area (Å²) in [5.74, 6) is -1.02. The summed E-state index contributed by atoms with van der Waals surface area (Å²) in [7, 11) is 1.23. The van der Waals surface area contributed by atoms with Crippen LogP contribution in [0.1, 0.15) is 39.9 Å². The van der Waals surface area contributed by atoms with Gasteiger partial charge in [-0.15, -0.1) is 0 Å². The molecule has 1 unspecified atom stereocenters. The Hall–Kier alpha value is -1.96. The second kappa shape index (κ2) is 6.00. The van der Waals surface area contributed by atoms with Gasteiger partial charge in [0, 0.05) is 13.5 Å². The molecule has 20 heavy (non-hydrogen) atoms. The third-order valence-electron chi connectivity index (χ3n) is 2.91. The topological polar surface area (TPSA) is 97.4 Å². The third-order valence-corrected chi connectivity index (χ3v) is 4.00. The lowest BCUT2D eigenvalue weighted by molar-refractivity contribution is -0.123. The smallest absolute Gasteiger partial charge is 0.358 e. The molecule has 1 amide bonds. The zero-order valence-corrected chi connectivity index (χ0v) is 12.0. The molecule has 2 heterocycles. The van der Waals surface area contributed by atoms with E-state index in [1.54, 1.807) is 0 Å². The summed E-state index contributed by atoms with van der Waals surface area (Å²) in [5, 5.41) is 6.08. The first-order valence-corrected chi connectivity index (χ1v) is 6.99. The molecule has 0 bridgehead atoms. The highest BCUT2D eigenvalue weighted by Gasteiger charge is 2.26. The maximum Gasteiger partial charge on any atom is 0.358 e. The Morgan fingerprint density at radius 2 is 2.25 bits per heavy atom. The van der Waals surface area contributed by atoms with Gasteiger partial charge in [-0.1, -0.05) is 11.3 Å². The molecular weight excluding hydrogens is 282 g/mol. The molecule has 7 nitrogen and oxygen atoms in total. The summed E-state index contributed by atoms with van der Waals surface area (Å²) >= 11 is 1.05. The Bertz CT molecular complexity index is 555. The summed E-state index contributed by atoms with van der Waals surface area (Å²) < 4.78 is 4.60. The molecule has 2 rings (SSSR count). The van der Waals surface area contributed by atoms with Gasteiger partial charge in [0.1, 0.15) is 10.9 Å². The highest BCUT2D eigenvalue weighted by Crippen LogP contribution is 2.25. The van der Waals surface area contributed by atoms with Crippen molar-refractivity contribution in [3.05, 3.63) is 10.6 Å². The van der Waals surface area contributed by atoms with Crippen LogP contribution >= 0.6 is 11.3 Å². The Morgan fingerprint density at radius 3 is 2.85 bits per heavy atom. The van der Waals surface area contributed by atoms with Gasteiger partial charge in [-0.2, -0.15) is 0 Å². The number of anilines is 1. The van der Waals surface area contributed by atoms with Gasteiger partial charge < -0.3 is 15.4 Å². The minimum Gasteiger partial charge on any atom is -0.464 e. The number of amides is 1. The van der Waals surface area contributed by atoms with Crippen molar-refractivity contribution >= 4 is 34.1 Å². The molecule has 0 spiro atoms. The Balaban J connectivity index is 2.22. The van der Waals surface area contributed by atoms with Crippen LogP contribution in [-0.4, -0.2) is 42.3 Å². The number of nitrogens with zero attached hydrogens (tertiary/aromatic N) is 1. The van der Waals surface area contributed by atoms with Gasteiger partial charge in [0.2, 0.25) is 5.91 Å². The van der Waals surface area contributed by atoms with Crippen LogP contribution in [0.3, 0.4) is 0 Å². The maximum absolute atomic E-state index is 11.7. The normalized spacial score (nSPS) is 18.3. The fourth-order valence-corrected chi connectivity index (χ4v) is 2.82. The second-order valence-corrected chi connectivity index (χ2v) is 5.37. The largest absolute Gasteiger partial charge is 0.464 e. The summed E-state index contributed by atoms with van der Waals surface area (Å²) in [5.41, 5.74) is -0.0104. The fourth-order valence-electron chi connectivity index (χ4n) is 1.91. The summed E-state index contributed by atoms with van der Waals surface area (Å²) in [6.07, 6.45) is 1.56. The van der Waals surface area contributed by atoms with E-state index in [2.05, 4.69) is 20.4 Å². The zero-order valence-electron chi connectivity index (χ0n) is 11.2. The van der Waals surface area contributed by atoms with Crippen molar-refractivity contribution in [1.82, 2.24) is 10.3 Å². The van der Waals surface area contributed by atoms with Crippen molar-refractivity contribution in [3.8, 4) is 0 Å². The van der Waals surface area contributed by atoms with Crippen LogP contribution in [0, 0.1) is 0 Å². The molecule has 1 aliphatic rings. The Kier molecular flexibility index (Phi) is 4.33. The van der Waals surface area contributed by atoms with Gasteiger partial charge in [-0.3, -0.25) is 9.59 Å². The molecule has 0 aromatic carbocycles. The average Bonchev–Trinajstić information content (AvgIpc) is 2.85. The van der Waals surface area contributed by atoms with E-state index in [-0.39, 0.29) is 28.3 Å². The average molecular weight is 297 g/mol. The monoisotopic (exact) mass is 297 g/mol. The summed E-state index contributed by atoms with van der Waals surface area (Å²) in [6.45, 7) is 2.03. The van der Waals surface area contributed by atoms with Crippen molar-refractivity contribution in [2.75, 3.05) is 19.0 Å². The molecule has 1 aromatic rings. The number of aromatic nitrogens is 1. The predicted octanol–water partition coefficient (Wildman–Crippen LogP) is 0.823. The molecule has 2 N–H and O–H groups in total. The van der Waals surface area contributed by atoms with E-state index in [0.29, 0.717) is 18.1 Å². The first kappa shape index (κ1) is 14.4. The van der Waals surface area contributed by atoms with E-state index in [9.17, 15) is 14.4 Å². The lowest BCUT2D eigenvalue weighted by Gasteiger charge is -2.22. The molecule has 1 aliphatic heterocycles. The lowest BCUT2D eigenvalue weighted by Crippen LogP contribution is -2.44. The lowest BCUT2D eigenvalue weighted by atomic mass is 10.1. The molecule has 1 saturated heterocycles. The number of ketones is 1. The summed E-state index contributed by atoms with van der Waals surface area (Å²) in [4.78, 5) is 39.0. The van der Waals surface area contributed by atoms with Crippen LogP contribution in [-0.2, 0) is 9.53 Å². The van der Waals surface area contributed by atoms with Gasteiger partial charge in [0.25, 0.3) is 0 Å². The highest BCUT2D eigenvalue weighted by molar-refractivity contribution is 7.17. The van der Waals surface area contributed by atoms with E-state index in [4.69, 9.17) is 0 Å². The van der Waals surface area contributed by atoms with Crippen LogP contribution in [0.15, 0.2) is 0 Å². The summed E-state index contributed by atoms with van der Waals surface area (Å²) in [6, 6.07) is -0.389. The molecule has 1 fully saturated rings. The van der Waals surface area contributed by atoms with Crippen LogP contribution in [0.2, 0.25) is 0 Å². The highest BCUT2D eigenvalue weighted by atomic mass is 32.1. The number of rotatable bonds is 4. The molecule has 0 aliphatic carbocycles. The fraction of sp³-hybridized carbons (Fsp3) is 0.500. The number of carbonyl (C=O) groups excluding carboxylic acids is 3. The van der Waals surface area contributed by atoms with Crippen LogP contribution in [0.25, 0.3) is 0 Å². The van der Waals surface area contributed by atoms with Crippen LogP contribution in [0.4, 0.5) is 5.13 Å². The van der Waals surface area contributed by atoms with E-state index in [0.717, 1.165) is 17.8 Å².